The Labute approximate surface area is 112 Å². The van der Waals surface area contributed by atoms with Gasteiger partial charge in [-0.2, -0.15) is 0 Å². The lowest BCUT2D eigenvalue weighted by Crippen LogP contribution is -2.40. The van der Waals surface area contributed by atoms with Gasteiger partial charge in [0.15, 0.2) is 0 Å². The normalized spacial score (nSPS) is 18.3. The molecule has 1 aliphatic rings. The molecule has 0 radical (unpaired) electrons. The molecule has 1 aromatic heterocycles. The van der Waals surface area contributed by atoms with Gasteiger partial charge in [-0.05, 0) is 37.8 Å². The van der Waals surface area contributed by atoms with Crippen LogP contribution in [0.2, 0.25) is 5.15 Å². The predicted octanol–water partition coefficient (Wildman–Crippen LogP) is 2.28. The molecule has 0 bridgehead atoms. The van der Waals surface area contributed by atoms with E-state index in [1.807, 2.05) is 6.92 Å². The van der Waals surface area contributed by atoms with Crippen LogP contribution in [0, 0.1) is 5.92 Å². The maximum atomic E-state index is 12.0. The fourth-order valence-electron chi connectivity index (χ4n) is 2.13. The van der Waals surface area contributed by atoms with Crippen molar-refractivity contribution < 1.29 is 9.53 Å². The van der Waals surface area contributed by atoms with Crippen molar-refractivity contribution in [2.45, 2.75) is 25.8 Å². The molecule has 5 heteroatoms. The summed E-state index contributed by atoms with van der Waals surface area (Å²) in [6.45, 7) is 3.61. The number of aromatic nitrogens is 1. The van der Waals surface area contributed by atoms with E-state index in [0.29, 0.717) is 16.6 Å². The number of hydrogen-bond donors (Lipinski definition) is 1. The highest BCUT2D eigenvalue weighted by molar-refractivity contribution is 6.29. The Balaban J connectivity index is 1.91. The van der Waals surface area contributed by atoms with Crippen LogP contribution in [0.5, 0.6) is 0 Å². The summed E-state index contributed by atoms with van der Waals surface area (Å²) in [6, 6.07) is 3.45. The Kier molecular flexibility index (Phi) is 4.55. The van der Waals surface area contributed by atoms with Crippen molar-refractivity contribution in [2.24, 2.45) is 5.92 Å². The van der Waals surface area contributed by atoms with Gasteiger partial charge >= 0.3 is 0 Å². The number of nitrogens with one attached hydrogen (secondary N) is 1. The van der Waals surface area contributed by atoms with E-state index < -0.39 is 0 Å². The summed E-state index contributed by atoms with van der Waals surface area (Å²) in [7, 11) is 0. The van der Waals surface area contributed by atoms with Crippen molar-refractivity contribution in [1.82, 2.24) is 10.3 Å². The molecule has 1 aromatic rings. The largest absolute Gasteiger partial charge is 0.381 e. The van der Waals surface area contributed by atoms with Gasteiger partial charge in [0.05, 0.1) is 5.56 Å². The van der Waals surface area contributed by atoms with E-state index in [1.165, 1.54) is 6.20 Å². The Morgan fingerprint density at radius 2 is 2.22 bits per heavy atom. The summed E-state index contributed by atoms with van der Waals surface area (Å²) in [5.41, 5.74) is 0.540. The summed E-state index contributed by atoms with van der Waals surface area (Å²) in [5, 5.41) is 3.40. The first kappa shape index (κ1) is 13.3. The zero-order chi connectivity index (χ0) is 13.0. The third-order valence-electron chi connectivity index (χ3n) is 3.32. The van der Waals surface area contributed by atoms with E-state index in [9.17, 15) is 4.79 Å². The topological polar surface area (TPSA) is 51.2 Å². The number of carbonyl (C=O) groups excluding carboxylic acids is 1. The number of hydrogen-bond acceptors (Lipinski definition) is 3. The first-order chi connectivity index (χ1) is 8.66. The number of pyridine rings is 1. The van der Waals surface area contributed by atoms with Gasteiger partial charge < -0.3 is 10.1 Å². The van der Waals surface area contributed by atoms with Crippen LogP contribution in [0.25, 0.3) is 0 Å². The average Bonchev–Trinajstić information content (AvgIpc) is 2.40. The van der Waals surface area contributed by atoms with Gasteiger partial charge in [0.1, 0.15) is 5.15 Å². The summed E-state index contributed by atoms with van der Waals surface area (Å²) >= 11 is 5.69. The van der Waals surface area contributed by atoms with E-state index >= 15 is 0 Å². The lowest BCUT2D eigenvalue weighted by Gasteiger charge is -2.28. The minimum Gasteiger partial charge on any atom is -0.381 e. The first-order valence-electron chi connectivity index (χ1n) is 6.17. The van der Waals surface area contributed by atoms with Crippen LogP contribution in [0.3, 0.4) is 0 Å². The van der Waals surface area contributed by atoms with Gasteiger partial charge in [0, 0.05) is 25.5 Å². The minimum atomic E-state index is -0.0989. The molecular formula is C13H17ClN2O2. The van der Waals surface area contributed by atoms with Crippen LogP contribution in [0.4, 0.5) is 0 Å². The zero-order valence-corrected chi connectivity index (χ0v) is 11.1. The third kappa shape index (κ3) is 3.43. The zero-order valence-electron chi connectivity index (χ0n) is 10.4. The Bertz CT molecular complexity index is 402. The van der Waals surface area contributed by atoms with E-state index in [-0.39, 0.29) is 11.9 Å². The molecule has 1 aliphatic heterocycles. The van der Waals surface area contributed by atoms with Crippen molar-refractivity contribution >= 4 is 17.5 Å². The van der Waals surface area contributed by atoms with Crippen LogP contribution < -0.4 is 5.32 Å². The molecular weight excluding hydrogens is 252 g/mol. The molecule has 0 spiro atoms. The predicted molar refractivity (Wildman–Crippen MR) is 69.7 cm³/mol. The van der Waals surface area contributed by atoms with Crippen molar-refractivity contribution in [2.75, 3.05) is 13.2 Å². The second-order valence-corrected chi connectivity index (χ2v) is 4.97. The van der Waals surface area contributed by atoms with Gasteiger partial charge in [-0.15, -0.1) is 0 Å². The molecule has 0 aliphatic carbocycles. The molecule has 1 saturated heterocycles. The molecule has 2 heterocycles. The highest BCUT2D eigenvalue weighted by Gasteiger charge is 2.22. The smallest absolute Gasteiger partial charge is 0.253 e. The quantitative estimate of drug-likeness (QED) is 0.856. The van der Waals surface area contributed by atoms with Gasteiger partial charge in [-0.1, -0.05) is 11.6 Å². The van der Waals surface area contributed by atoms with E-state index in [0.717, 1.165) is 26.1 Å². The second-order valence-electron chi connectivity index (χ2n) is 4.58. The Morgan fingerprint density at radius 3 is 2.83 bits per heavy atom. The van der Waals surface area contributed by atoms with Crippen molar-refractivity contribution in [3.8, 4) is 0 Å². The summed E-state index contributed by atoms with van der Waals surface area (Å²) in [4.78, 5) is 15.9. The maximum Gasteiger partial charge on any atom is 0.253 e. The average molecular weight is 269 g/mol. The Morgan fingerprint density at radius 1 is 1.50 bits per heavy atom. The lowest BCUT2D eigenvalue weighted by molar-refractivity contribution is 0.0538. The lowest BCUT2D eigenvalue weighted by atomic mass is 9.93. The molecule has 18 heavy (non-hydrogen) atoms. The van der Waals surface area contributed by atoms with Gasteiger partial charge in [0.25, 0.3) is 5.91 Å². The van der Waals surface area contributed by atoms with E-state index in [1.54, 1.807) is 12.1 Å². The minimum absolute atomic E-state index is 0.0989. The Hall–Kier alpha value is -1.13. The molecule has 4 nitrogen and oxygen atoms in total. The molecule has 1 atom stereocenters. The van der Waals surface area contributed by atoms with Crippen molar-refractivity contribution in [1.29, 1.82) is 0 Å². The SMILES string of the molecule is CC(NC(=O)c1ccc(Cl)nc1)C1CCOCC1. The molecule has 98 valence electrons. The number of halogens is 1. The highest BCUT2D eigenvalue weighted by Crippen LogP contribution is 2.18. The molecule has 1 fully saturated rings. The molecule has 2 rings (SSSR count). The number of nitrogens with zero attached hydrogens (tertiary/aromatic N) is 1. The number of ether oxygens (including phenoxy) is 1. The van der Waals surface area contributed by atoms with E-state index in [4.69, 9.17) is 16.3 Å². The van der Waals surface area contributed by atoms with Gasteiger partial charge in [-0.3, -0.25) is 4.79 Å². The van der Waals surface area contributed by atoms with Crippen LogP contribution in [0.15, 0.2) is 18.3 Å². The summed E-state index contributed by atoms with van der Waals surface area (Å²) in [6.07, 6.45) is 3.50. The van der Waals surface area contributed by atoms with Crippen LogP contribution >= 0.6 is 11.6 Å². The third-order valence-corrected chi connectivity index (χ3v) is 3.54. The van der Waals surface area contributed by atoms with Crippen LogP contribution in [-0.4, -0.2) is 30.1 Å². The molecule has 1 amide bonds. The van der Waals surface area contributed by atoms with Crippen LogP contribution in [0.1, 0.15) is 30.1 Å². The van der Waals surface area contributed by atoms with Crippen molar-refractivity contribution in [3.63, 3.8) is 0 Å². The number of carbonyl (C=O) groups is 1. The molecule has 0 aromatic carbocycles. The van der Waals surface area contributed by atoms with E-state index in [2.05, 4.69) is 10.3 Å². The fourth-order valence-corrected chi connectivity index (χ4v) is 2.25. The second kappa shape index (κ2) is 6.16. The molecule has 1 N–H and O–H groups in total. The molecule has 1 unspecified atom stereocenters. The number of rotatable bonds is 3. The summed E-state index contributed by atoms with van der Waals surface area (Å²) in [5.74, 6) is 0.390. The summed E-state index contributed by atoms with van der Waals surface area (Å²) < 4.78 is 5.32. The maximum absolute atomic E-state index is 12.0. The standard InChI is InChI=1S/C13H17ClN2O2/c1-9(10-4-6-18-7-5-10)16-13(17)11-2-3-12(14)15-8-11/h2-3,8-10H,4-7H2,1H3,(H,16,17). The van der Waals surface area contributed by atoms with Crippen LogP contribution in [-0.2, 0) is 4.74 Å². The first-order valence-corrected chi connectivity index (χ1v) is 6.55. The molecule has 0 saturated carbocycles. The fraction of sp³-hybridized carbons (Fsp3) is 0.538. The van der Waals surface area contributed by atoms with Gasteiger partial charge in [0.2, 0.25) is 0 Å². The van der Waals surface area contributed by atoms with Crippen molar-refractivity contribution in [3.05, 3.63) is 29.0 Å². The van der Waals surface area contributed by atoms with Gasteiger partial charge in [-0.25, -0.2) is 4.98 Å². The number of amides is 1. The highest BCUT2D eigenvalue weighted by atomic mass is 35.5. The monoisotopic (exact) mass is 268 g/mol.